The third-order valence-electron chi connectivity index (χ3n) is 4.54. The number of benzene rings is 1. The second kappa shape index (κ2) is 10.3. The Bertz CT molecular complexity index is 963. The number of ether oxygens (including phenoxy) is 1. The predicted octanol–water partition coefficient (Wildman–Crippen LogP) is 2.29. The second-order valence-electron chi connectivity index (χ2n) is 6.60. The molecule has 1 atom stereocenters. The third-order valence-corrected chi connectivity index (χ3v) is 4.54. The van der Waals surface area contributed by atoms with Gasteiger partial charge in [-0.3, -0.25) is 14.7 Å². The maximum atomic E-state index is 12.7. The molecule has 3 heterocycles. The van der Waals surface area contributed by atoms with Crippen molar-refractivity contribution in [3.8, 4) is 11.3 Å². The number of aromatic nitrogens is 4. The van der Waals surface area contributed by atoms with E-state index in [1.807, 2.05) is 37.3 Å². The van der Waals surface area contributed by atoms with Gasteiger partial charge in [-0.15, -0.1) is 0 Å². The molecule has 10 heteroatoms. The average Bonchev–Trinajstić information content (AvgIpc) is 3.50. The smallest absolute Gasteiger partial charge is 0.290 e. The van der Waals surface area contributed by atoms with Gasteiger partial charge in [0.05, 0.1) is 5.56 Å². The summed E-state index contributed by atoms with van der Waals surface area (Å²) in [6.45, 7) is 2.72. The lowest BCUT2D eigenvalue weighted by molar-refractivity contribution is -0.122. The minimum atomic E-state index is -0.250. The van der Waals surface area contributed by atoms with E-state index in [4.69, 9.17) is 19.2 Å². The molecule has 1 aromatic carbocycles. The highest BCUT2D eigenvalue weighted by Gasteiger charge is 2.24. The third kappa shape index (κ3) is 5.09. The number of carbonyl (C=O) groups is 2. The number of amides is 1. The van der Waals surface area contributed by atoms with Gasteiger partial charge in [-0.05, 0) is 19.8 Å². The first kappa shape index (κ1) is 21.2. The van der Waals surface area contributed by atoms with Crippen LogP contribution in [-0.4, -0.2) is 51.0 Å². The normalized spacial score (nSPS) is 15.3. The van der Waals surface area contributed by atoms with Crippen LogP contribution in [0.1, 0.15) is 46.7 Å². The first-order chi connectivity index (χ1) is 14.6. The van der Waals surface area contributed by atoms with Crippen LogP contribution in [0.3, 0.4) is 0 Å². The highest BCUT2D eigenvalue weighted by molar-refractivity contribution is 6.01. The number of carbonyl (C=O) groups excluding carboxylic acids is 1. The minimum absolute atomic E-state index is 0.0946. The van der Waals surface area contributed by atoms with Gasteiger partial charge < -0.3 is 19.7 Å². The molecule has 1 unspecified atom stereocenters. The zero-order valence-corrected chi connectivity index (χ0v) is 16.5. The number of nitrogens with zero attached hydrogens (tertiary/aromatic N) is 3. The lowest BCUT2D eigenvalue weighted by Gasteiger charge is -2.05. The summed E-state index contributed by atoms with van der Waals surface area (Å²) in [6, 6.07) is 9.63. The average molecular weight is 413 g/mol. The van der Waals surface area contributed by atoms with Crippen molar-refractivity contribution < 1.29 is 24.0 Å². The van der Waals surface area contributed by atoms with E-state index in [1.54, 1.807) is 0 Å². The van der Waals surface area contributed by atoms with Gasteiger partial charge in [0.1, 0.15) is 11.8 Å². The molecule has 1 aliphatic rings. The topological polar surface area (TPSA) is 143 Å². The van der Waals surface area contributed by atoms with E-state index in [0.29, 0.717) is 35.9 Å². The molecular formula is C20H23N5O5. The fourth-order valence-corrected chi connectivity index (χ4v) is 3.16. The van der Waals surface area contributed by atoms with Gasteiger partial charge in [0.2, 0.25) is 0 Å². The lowest BCUT2D eigenvalue weighted by Crippen LogP contribution is -2.26. The number of aryl methyl sites for hydroxylation is 1. The molecule has 0 radical (unpaired) electrons. The Kier molecular flexibility index (Phi) is 7.28. The summed E-state index contributed by atoms with van der Waals surface area (Å²) in [4.78, 5) is 25.4. The fraction of sp³-hybridized carbons (Fsp3) is 0.350. The van der Waals surface area contributed by atoms with Crippen LogP contribution in [0.2, 0.25) is 0 Å². The standard InChI is InChI=1S/C19H21N5O3.CH2O2/c1-12-16(17(23-22-12)13-6-3-2-4-7-13)18(25)20-10-9-15-21-19(27-24-15)14-8-5-11-26-14;2-1-3/h2-4,6-7,14H,5,8-11H2,1H3,(H,20,25)(H,22,23);1H,(H,2,3). The van der Waals surface area contributed by atoms with E-state index >= 15 is 0 Å². The molecule has 0 bridgehead atoms. The Morgan fingerprint density at radius 2 is 2.13 bits per heavy atom. The first-order valence-electron chi connectivity index (χ1n) is 9.54. The molecule has 1 saturated heterocycles. The Balaban J connectivity index is 0.000000806. The number of hydrogen-bond acceptors (Lipinski definition) is 7. The van der Waals surface area contributed by atoms with Crippen LogP contribution in [0.25, 0.3) is 11.3 Å². The number of hydrogen-bond donors (Lipinski definition) is 3. The lowest BCUT2D eigenvalue weighted by atomic mass is 10.1. The number of aromatic amines is 1. The molecule has 0 aliphatic carbocycles. The van der Waals surface area contributed by atoms with Gasteiger partial charge in [-0.2, -0.15) is 10.1 Å². The molecule has 4 rings (SSSR count). The summed E-state index contributed by atoms with van der Waals surface area (Å²) >= 11 is 0. The van der Waals surface area contributed by atoms with Crippen molar-refractivity contribution in [2.24, 2.45) is 0 Å². The highest BCUT2D eigenvalue weighted by Crippen LogP contribution is 2.27. The van der Waals surface area contributed by atoms with Crippen molar-refractivity contribution in [3.05, 3.63) is 53.3 Å². The molecular weight excluding hydrogens is 390 g/mol. The SMILES string of the molecule is Cc1[nH]nc(-c2ccccc2)c1C(=O)NCCc1noc(C2CCCO2)n1.O=CO. The summed E-state index contributed by atoms with van der Waals surface area (Å²) in [5, 5.41) is 20.9. The van der Waals surface area contributed by atoms with E-state index in [1.165, 1.54) is 0 Å². The van der Waals surface area contributed by atoms with Gasteiger partial charge in [0, 0.05) is 30.8 Å². The molecule has 158 valence electrons. The minimum Gasteiger partial charge on any atom is -0.483 e. The maximum Gasteiger partial charge on any atom is 0.290 e. The predicted molar refractivity (Wildman–Crippen MR) is 106 cm³/mol. The van der Waals surface area contributed by atoms with Crippen molar-refractivity contribution in [1.29, 1.82) is 0 Å². The molecule has 3 N–H and O–H groups in total. The Morgan fingerprint density at radius 3 is 2.83 bits per heavy atom. The van der Waals surface area contributed by atoms with E-state index < -0.39 is 0 Å². The molecule has 1 fully saturated rings. The van der Waals surface area contributed by atoms with E-state index in [0.717, 1.165) is 30.7 Å². The maximum absolute atomic E-state index is 12.7. The van der Waals surface area contributed by atoms with Crippen molar-refractivity contribution in [3.63, 3.8) is 0 Å². The van der Waals surface area contributed by atoms with Gasteiger partial charge >= 0.3 is 0 Å². The van der Waals surface area contributed by atoms with Crippen LogP contribution >= 0.6 is 0 Å². The van der Waals surface area contributed by atoms with E-state index in [9.17, 15) is 4.79 Å². The molecule has 0 spiro atoms. The Labute approximate surface area is 172 Å². The van der Waals surface area contributed by atoms with E-state index in [-0.39, 0.29) is 18.5 Å². The number of rotatable bonds is 6. The van der Waals surface area contributed by atoms with Gasteiger partial charge in [-0.25, -0.2) is 0 Å². The molecule has 10 nitrogen and oxygen atoms in total. The van der Waals surface area contributed by atoms with Crippen molar-refractivity contribution >= 4 is 12.4 Å². The van der Waals surface area contributed by atoms with Gasteiger partial charge in [0.15, 0.2) is 5.82 Å². The van der Waals surface area contributed by atoms with E-state index in [2.05, 4.69) is 25.7 Å². The zero-order chi connectivity index (χ0) is 21.3. The number of nitrogens with one attached hydrogen (secondary N) is 2. The highest BCUT2D eigenvalue weighted by atomic mass is 16.5. The summed E-state index contributed by atoms with van der Waals surface area (Å²) in [5.74, 6) is 0.904. The second-order valence-corrected chi connectivity index (χ2v) is 6.60. The van der Waals surface area contributed by atoms with Crippen LogP contribution in [0.15, 0.2) is 34.9 Å². The quantitative estimate of drug-likeness (QED) is 0.522. The first-order valence-corrected chi connectivity index (χ1v) is 9.54. The van der Waals surface area contributed by atoms with Gasteiger partial charge in [0.25, 0.3) is 18.3 Å². The van der Waals surface area contributed by atoms with Crippen LogP contribution < -0.4 is 5.32 Å². The molecule has 0 saturated carbocycles. The zero-order valence-electron chi connectivity index (χ0n) is 16.5. The Hall–Kier alpha value is -3.53. The Morgan fingerprint density at radius 1 is 1.37 bits per heavy atom. The van der Waals surface area contributed by atoms with Crippen LogP contribution in [-0.2, 0) is 16.0 Å². The molecule has 3 aromatic rings. The summed E-state index contributed by atoms with van der Waals surface area (Å²) < 4.78 is 10.8. The monoisotopic (exact) mass is 413 g/mol. The summed E-state index contributed by atoms with van der Waals surface area (Å²) in [5.41, 5.74) is 2.82. The largest absolute Gasteiger partial charge is 0.483 e. The van der Waals surface area contributed by atoms with Crippen LogP contribution in [0.5, 0.6) is 0 Å². The number of H-pyrrole nitrogens is 1. The molecule has 30 heavy (non-hydrogen) atoms. The number of carboxylic acid groups (broad SMARTS) is 1. The van der Waals surface area contributed by atoms with Crippen molar-refractivity contribution in [1.82, 2.24) is 25.7 Å². The van der Waals surface area contributed by atoms with Crippen LogP contribution in [0.4, 0.5) is 0 Å². The summed E-state index contributed by atoms with van der Waals surface area (Å²) in [6.07, 6.45) is 2.30. The van der Waals surface area contributed by atoms with Crippen LogP contribution in [0, 0.1) is 6.92 Å². The summed E-state index contributed by atoms with van der Waals surface area (Å²) in [7, 11) is 0. The van der Waals surface area contributed by atoms with Gasteiger partial charge in [-0.1, -0.05) is 35.5 Å². The molecule has 2 aromatic heterocycles. The van der Waals surface area contributed by atoms with Crippen molar-refractivity contribution in [2.75, 3.05) is 13.2 Å². The molecule has 1 aliphatic heterocycles. The van der Waals surface area contributed by atoms with Crippen molar-refractivity contribution in [2.45, 2.75) is 32.3 Å². The fourth-order valence-electron chi connectivity index (χ4n) is 3.16. The molecule has 1 amide bonds.